The molecule has 0 radical (unpaired) electrons. The topological polar surface area (TPSA) is 38.9 Å². The monoisotopic (exact) mass is 272 g/mol. The molecule has 19 heavy (non-hydrogen) atoms. The molecule has 100 valence electrons. The standard InChI is InChI=1S/C16H20N2S/c1-4-15(17)13-5-7-14(8-6-13)19-16-10-11(2)9-12(3)18-16/h5-10,15H,4,17H2,1-3H3/t15-/m1/s1. The Labute approximate surface area is 119 Å². The van der Waals surface area contributed by atoms with Gasteiger partial charge in [-0.3, -0.25) is 0 Å². The minimum Gasteiger partial charge on any atom is -0.324 e. The first-order valence-electron chi connectivity index (χ1n) is 6.57. The Bertz CT molecular complexity index is 529. The molecule has 1 aromatic heterocycles. The van der Waals surface area contributed by atoms with Gasteiger partial charge in [-0.05, 0) is 55.7 Å². The number of benzene rings is 1. The van der Waals surface area contributed by atoms with Gasteiger partial charge in [0.25, 0.3) is 0 Å². The van der Waals surface area contributed by atoms with Crippen LogP contribution in [0.2, 0.25) is 0 Å². The molecule has 0 fully saturated rings. The smallest absolute Gasteiger partial charge is 0.101 e. The van der Waals surface area contributed by atoms with Crippen LogP contribution in [0.4, 0.5) is 0 Å². The van der Waals surface area contributed by atoms with Crippen molar-refractivity contribution in [2.75, 3.05) is 0 Å². The van der Waals surface area contributed by atoms with Gasteiger partial charge < -0.3 is 5.73 Å². The van der Waals surface area contributed by atoms with Crippen LogP contribution in [0.15, 0.2) is 46.3 Å². The number of aryl methyl sites for hydroxylation is 2. The predicted octanol–water partition coefficient (Wildman–Crippen LogP) is 4.26. The SMILES string of the molecule is CC[C@@H](N)c1ccc(Sc2cc(C)cc(C)n2)cc1. The molecule has 1 heterocycles. The lowest BCUT2D eigenvalue weighted by Crippen LogP contribution is -2.07. The predicted molar refractivity (Wildman–Crippen MR) is 81.5 cm³/mol. The average molecular weight is 272 g/mol. The third kappa shape index (κ3) is 3.82. The fourth-order valence-corrected chi connectivity index (χ4v) is 2.94. The third-order valence-electron chi connectivity index (χ3n) is 3.04. The highest BCUT2D eigenvalue weighted by Gasteiger charge is 2.04. The van der Waals surface area contributed by atoms with E-state index < -0.39 is 0 Å². The zero-order valence-corrected chi connectivity index (χ0v) is 12.5. The second-order valence-corrected chi connectivity index (χ2v) is 5.90. The second kappa shape index (κ2) is 6.22. The molecule has 0 spiro atoms. The Hall–Kier alpha value is -1.32. The highest BCUT2D eigenvalue weighted by molar-refractivity contribution is 7.99. The van der Waals surface area contributed by atoms with Crippen molar-refractivity contribution in [3.8, 4) is 0 Å². The van der Waals surface area contributed by atoms with Gasteiger partial charge in [-0.25, -0.2) is 4.98 Å². The van der Waals surface area contributed by atoms with Gasteiger partial charge in [-0.2, -0.15) is 0 Å². The van der Waals surface area contributed by atoms with Crippen molar-refractivity contribution in [3.63, 3.8) is 0 Å². The molecule has 1 atom stereocenters. The number of pyridine rings is 1. The zero-order valence-electron chi connectivity index (χ0n) is 11.7. The van der Waals surface area contributed by atoms with Crippen molar-refractivity contribution in [2.24, 2.45) is 5.73 Å². The van der Waals surface area contributed by atoms with E-state index >= 15 is 0 Å². The van der Waals surface area contributed by atoms with Crippen LogP contribution in [-0.4, -0.2) is 4.98 Å². The fraction of sp³-hybridized carbons (Fsp3) is 0.312. The molecule has 2 nitrogen and oxygen atoms in total. The first-order valence-corrected chi connectivity index (χ1v) is 7.39. The highest BCUT2D eigenvalue weighted by Crippen LogP contribution is 2.28. The van der Waals surface area contributed by atoms with E-state index in [9.17, 15) is 0 Å². The lowest BCUT2D eigenvalue weighted by Gasteiger charge is -2.10. The van der Waals surface area contributed by atoms with E-state index in [0.717, 1.165) is 17.1 Å². The number of nitrogens with two attached hydrogens (primary N) is 1. The summed E-state index contributed by atoms with van der Waals surface area (Å²) >= 11 is 1.69. The molecular weight excluding hydrogens is 252 g/mol. The van der Waals surface area contributed by atoms with Crippen LogP contribution in [-0.2, 0) is 0 Å². The van der Waals surface area contributed by atoms with E-state index in [1.54, 1.807) is 11.8 Å². The van der Waals surface area contributed by atoms with Gasteiger partial charge in [0.1, 0.15) is 5.03 Å². The van der Waals surface area contributed by atoms with Gasteiger partial charge in [0, 0.05) is 16.6 Å². The van der Waals surface area contributed by atoms with Crippen LogP contribution in [0.25, 0.3) is 0 Å². The summed E-state index contributed by atoms with van der Waals surface area (Å²) < 4.78 is 0. The van der Waals surface area contributed by atoms with Gasteiger partial charge in [0.2, 0.25) is 0 Å². The van der Waals surface area contributed by atoms with Crippen LogP contribution in [0.5, 0.6) is 0 Å². The first-order chi connectivity index (χ1) is 9.08. The Balaban J connectivity index is 2.15. The average Bonchev–Trinajstić information content (AvgIpc) is 2.37. The van der Waals surface area contributed by atoms with Crippen LogP contribution in [0.3, 0.4) is 0 Å². The van der Waals surface area contributed by atoms with Gasteiger partial charge >= 0.3 is 0 Å². The maximum absolute atomic E-state index is 6.02. The fourth-order valence-electron chi connectivity index (χ4n) is 2.00. The van der Waals surface area contributed by atoms with Crippen LogP contribution >= 0.6 is 11.8 Å². The van der Waals surface area contributed by atoms with Gasteiger partial charge in [0.05, 0.1) is 0 Å². The molecule has 3 heteroatoms. The van der Waals surface area contributed by atoms with Crippen molar-refractivity contribution in [3.05, 3.63) is 53.2 Å². The maximum Gasteiger partial charge on any atom is 0.101 e. The van der Waals surface area contributed by atoms with E-state index in [2.05, 4.69) is 55.2 Å². The number of rotatable bonds is 4. The molecule has 0 aliphatic heterocycles. The molecular formula is C16H20N2S. The first kappa shape index (κ1) is 14.1. The molecule has 0 saturated carbocycles. The van der Waals surface area contributed by atoms with E-state index in [1.165, 1.54) is 16.0 Å². The highest BCUT2D eigenvalue weighted by atomic mass is 32.2. The van der Waals surface area contributed by atoms with E-state index in [0.29, 0.717) is 0 Å². The summed E-state index contributed by atoms with van der Waals surface area (Å²) in [5.41, 5.74) is 9.52. The largest absolute Gasteiger partial charge is 0.324 e. The number of nitrogens with zero attached hydrogens (tertiary/aromatic N) is 1. The van der Waals surface area contributed by atoms with Crippen LogP contribution in [0.1, 0.15) is 36.2 Å². The Morgan fingerprint density at radius 3 is 2.42 bits per heavy atom. The molecule has 0 saturated heterocycles. The quantitative estimate of drug-likeness (QED) is 0.904. The molecule has 0 unspecified atom stereocenters. The van der Waals surface area contributed by atoms with Gasteiger partial charge in [-0.15, -0.1) is 0 Å². The zero-order chi connectivity index (χ0) is 13.8. The third-order valence-corrected chi connectivity index (χ3v) is 3.97. The molecule has 2 N–H and O–H groups in total. The molecule has 0 bridgehead atoms. The molecule has 2 rings (SSSR count). The van der Waals surface area contributed by atoms with Gasteiger partial charge in [-0.1, -0.05) is 30.8 Å². The Morgan fingerprint density at radius 2 is 1.84 bits per heavy atom. The summed E-state index contributed by atoms with van der Waals surface area (Å²) in [5, 5.41) is 1.05. The number of aromatic nitrogens is 1. The summed E-state index contributed by atoms with van der Waals surface area (Å²) in [6, 6.07) is 12.8. The lowest BCUT2D eigenvalue weighted by atomic mass is 10.1. The molecule has 0 aliphatic carbocycles. The molecule has 0 amide bonds. The van der Waals surface area contributed by atoms with E-state index in [1.807, 2.05) is 6.92 Å². The molecule has 2 aromatic rings. The van der Waals surface area contributed by atoms with Crippen LogP contribution < -0.4 is 5.73 Å². The Kier molecular flexibility index (Phi) is 4.61. The summed E-state index contributed by atoms with van der Waals surface area (Å²) in [4.78, 5) is 5.74. The number of hydrogen-bond acceptors (Lipinski definition) is 3. The van der Waals surface area contributed by atoms with E-state index in [-0.39, 0.29) is 6.04 Å². The molecule has 0 aliphatic rings. The Morgan fingerprint density at radius 1 is 1.16 bits per heavy atom. The summed E-state index contributed by atoms with van der Waals surface area (Å²) in [6.07, 6.45) is 0.963. The maximum atomic E-state index is 6.02. The number of hydrogen-bond donors (Lipinski definition) is 1. The summed E-state index contributed by atoms with van der Waals surface area (Å²) in [6.45, 7) is 6.23. The molecule has 1 aromatic carbocycles. The lowest BCUT2D eigenvalue weighted by molar-refractivity contribution is 0.698. The summed E-state index contributed by atoms with van der Waals surface area (Å²) in [5.74, 6) is 0. The van der Waals surface area contributed by atoms with E-state index in [4.69, 9.17) is 5.73 Å². The second-order valence-electron chi connectivity index (χ2n) is 4.81. The van der Waals surface area contributed by atoms with Gasteiger partial charge in [0.15, 0.2) is 0 Å². The van der Waals surface area contributed by atoms with Crippen molar-refractivity contribution >= 4 is 11.8 Å². The minimum absolute atomic E-state index is 0.137. The summed E-state index contributed by atoms with van der Waals surface area (Å²) in [7, 11) is 0. The minimum atomic E-state index is 0.137. The normalized spacial score (nSPS) is 12.4. The van der Waals surface area contributed by atoms with Crippen molar-refractivity contribution in [1.29, 1.82) is 0 Å². The van der Waals surface area contributed by atoms with Crippen molar-refractivity contribution in [2.45, 2.75) is 43.2 Å². The van der Waals surface area contributed by atoms with Crippen molar-refractivity contribution in [1.82, 2.24) is 4.98 Å². The van der Waals surface area contributed by atoms with Crippen LogP contribution in [0, 0.1) is 13.8 Å². The van der Waals surface area contributed by atoms with Crippen molar-refractivity contribution < 1.29 is 0 Å².